The number of nitrogens with one attached hydrogen (secondary N) is 1. The Balaban J connectivity index is 2.36. The van der Waals surface area contributed by atoms with Crippen LogP contribution in [0.15, 0.2) is 41.8 Å². The van der Waals surface area contributed by atoms with Crippen molar-refractivity contribution in [3.05, 3.63) is 52.2 Å². The van der Waals surface area contributed by atoms with Crippen LogP contribution in [-0.4, -0.2) is 13.2 Å². The number of benzene rings is 1. The number of hydrogen-bond acceptors (Lipinski definition) is 3. The van der Waals surface area contributed by atoms with Crippen molar-refractivity contribution < 1.29 is 4.74 Å². The molecule has 96 valence electrons. The van der Waals surface area contributed by atoms with Crippen LogP contribution >= 0.6 is 11.3 Å². The van der Waals surface area contributed by atoms with Crippen molar-refractivity contribution in [1.29, 1.82) is 0 Å². The van der Waals surface area contributed by atoms with Gasteiger partial charge in [0.1, 0.15) is 5.75 Å². The molecule has 0 radical (unpaired) electrons. The molecule has 1 N–H and O–H groups in total. The van der Waals surface area contributed by atoms with Gasteiger partial charge < -0.3 is 10.1 Å². The third-order valence-electron chi connectivity index (χ3n) is 2.77. The zero-order chi connectivity index (χ0) is 12.8. The van der Waals surface area contributed by atoms with Crippen molar-refractivity contribution in [2.75, 3.05) is 13.2 Å². The number of para-hydroxylation sites is 1. The van der Waals surface area contributed by atoms with Crippen molar-refractivity contribution in [3.8, 4) is 5.75 Å². The van der Waals surface area contributed by atoms with Crippen LogP contribution in [0.2, 0.25) is 0 Å². The normalized spacial score (nSPS) is 12.3. The van der Waals surface area contributed by atoms with E-state index >= 15 is 0 Å². The zero-order valence-electron chi connectivity index (χ0n) is 10.8. The second kappa shape index (κ2) is 6.57. The van der Waals surface area contributed by atoms with E-state index in [0.29, 0.717) is 6.61 Å². The maximum atomic E-state index is 5.73. The van der Waals surface area contributed by atoms with E-state index in [1.165, 1.54) is 10.4 Å². The standard InChI is InChI=1S/C15H19NOS/c1-3-16-15(14-10-7-11-18-14)12-8-5-6-9-13(12)17-4-2/h5-11,15-16H,3-4H2,1-2H3. The molecule has 0 aliphatic carbocycles. The Morgan fingerprint density at radius 1 is 1.17 bits per heavy atom. The average Bonchev–Trinajstić information content (AvgIpc) is 2.91. The Labute approximate surface area is 113 Å². The van der Waals surface area contributed by atoms with Crippen molar-refractivity contribution in [1.82, 2.24) is 5.32 Å². The van der Waals surface area contributed by atoms with Crippen LogP contribution < -0.4 is 10.1 Å². The van der Waals surface area contributed by atoms with E-state index in [-0.39, 0.29) is 6.04 Å². The van der Waals surface area contributed by atoms with Gasteiger partial charge in [-0.15, -0.1) is 11.3 Å². The van der Waals surface area contributed by atoms with Crippen LogP contribution in [0, 0.1) is 0 Å². The molecule has 2 aromatic rings. The van der Waals surface area contributed by atoms with Gasteiger partial charge in [0.05, 0.1) is 12.6 Å². The molecule has 2 nitrogen and oxygen atoms in total. The van der Waals surface area contributed by atoms with Gasteiger partial charge in [0, 0.05) is 10.4 Å². The molecule has 1 aromatic heterocycles. The fourth-order valence-corrected chi connectivity index (χ4v) is 2.85. The zero-order valence-corrected chi connectivity index (χ0v) is 11.7. The smallest absolute Gasteiger partial charge is 0.124 e. The number of thiophene rings is 1. The van der Waals surface area contributed by atoms with Gasteiger partial charge in [0.25, 0.3) is 0 Å². The van der Waals surface area contributed by atoms with Gasteiger partial charge in [-0.2, -0.15) is 0 Å². The first-order chi connectivity index (χ1) is 8.86. The predicted octanol–water partition coefficient (Wildman–Crippen LogP) is 3.85. The maximum absolute atomic E-state index is 5.73. The van der Waals surface area contributed by atoms with Gasteiger partial charge in [-0.05, 0) is 31.0 Å². The highest BCUT2D eigenvalue weighted by Crippen LogP contribution is 2.32. The fourth-order valence-electron chi connectivity index (χ4n) is 2.03. The summed E-state index contributed by atoms with van der Waals surface area (Å²) in [5, 5.41) is 5.64. The highest BCUT2D eigenvalue weighted by Gasteiger charge is 2.17. The Bertz CT molecular complexity index is 467. The monoisotopic (exact) mass is 261 g/mol. The highest BCUT2D eigenvalue weighted by atomic mass is 32.1. The topological polar surface area (TPSA) is 21.3 Å². The van der Waals surface area contributed by atoms with Gasteiger partial charge in [-0.3, -0.25) is 0 Å². The summed E-state index contributed by atoms with van der Waals surface area (Å²) in [7, 11) is 0. The lowest BCUT2D eigenvalue weighted by atomic mass is 10.0. The van der Waals surface area contributed by atoms with Gasteiger partial charge in [-0.1, -0.05) is 31.2 Å². The van der Waals surface area contributed by atoms with Crippen LogP contribution in [-0.2, 0) is 0 Å². The molecule has 0 amide bonds. The second-order valence-corrected chi connectivity index (χ2v) is 4.96. The van der Waals surface area contributed by atoms with Gasteiger partial charge in [0.15, 0.2) is 0 Å². The number of rotatable bonds is 6. The van der Waals surface area contributed by atoms with Crippen molar-refractivity contribution in [2.45, 2.75) is 19.9 Å². The Morgan fingerprint density at radius 2 is 2.00 bits per heavy atom. The summed E-state index contributed by atoms with van der Waals surface area (Å²) in [6, 6.07) is 12.7. The van der Waals surface area contributed by atoms with E-state index in [2.05, 4.69) is 41.9 Å². The molecule has 2 rings (SSSR count). The fraction of sp³-hybridized carbons (Fsp3) is 0.333. The molecule has 0 aliphatic heterocycles. The molecule has 0 aliphatic rings. The van der Waals surface area contributed by atoms with E-state index in [1.807, 2.05) is 19.1 Å². The van der Waals surface area contributed by atoms with E-state index in [0.717, 1.165) is 12.3 Å². The lowest BCUT2D eigenvalue weighted by Gasteiger charge is -2.20. The Kier molecular flexibility index (Phi) is 4.79. The highest BCUT2D eigenvalue weighted by molar-refractivity contribution is 7.10. The minimum atomic E-state index is 0.220. The summed E-state index contributed by atoms with van der Waals surface area (Å²) in [6.45, 7) is 5.78. The third-order valence-corrected chi connectivity index (χ3v) is 3.70. The first kappa shape index (κ1) is 13.1. The molecular formula is C15H19NOS. The summed E-state index contributed by atoms with van der Waals surface area (Å²) in [5.74, 6) is 0.972. The van der Waals surface area contributed by atoms with Gasteiger partial charge >= 0.3 is 0 Å². The van der Waals surface area contributed by atoms with E-state index in [4.69, 9.17) is 4.74 Å². The molecule has 0 saturated heterocycles. The van der Waals surface area contributed by atoms with E-state index < -0.39 is 0 Å². The predicted molar refractivity (Wildman–Crippen MR) is 77.4 cm³/mol. The molecule has 18 heavy (non-hydrogen) atoms. The van der Waals surface area contributed by atoms with E-state index in [1.54, 1.807) is 11.3 Å². The van der Waals surface area contributed by atoms with Crippen molar-refractivity contribution in [3.63, 3.8) is 0 Å². The quantitative estimate of drug-likeness (QED) is 0.853. The lowest BCUT2D eigenvalue weighted by molar-refractivity contribution is 0.334. The van der Waals surface area contributed by atoms with Gasteiger partial charge in [-0.25, -0.2) is 0 Å². The molecule has 1 atom stereocenters. The molecule has 0 spiro atoms. The van der Waals surface area contributed by atoms with Crippen LogP contribution in [0.4, 0.5) is 0 Å². The Hall–Kier alpha value is -1.32. The first-order valence-electron chi connectivity index (χ1n) is 6.35. The molecule has 3 heteroatoms. The molecule has 1 heterocycles. The minimum absolute atomic E-state index is 0.220. The summed E-state index contributed by atoms with van der Waals surface area (Å²) >= 11 is 1.77. The van der Waals surface area contributed by atoms with E-state index in [9.17, 15) is 0 Å². The molecule has 1 unspecified atom stereocenters. The Morgan fingerprint density at radius 3 is 2.67 bits per heavy atom. The molecule has 0 saturated carbocycles. The van der Waals surface area contributed by atoms with Crippen LogP contribution in [0.1, 0.15) is 30.3 Å². The van der Waals surface area contributed by atoms with Crippen LogP contribution in [0.3, 0.4) is 0 Å². The molecule has 0 fully saturated rings. The molecule has 0 bridgehead atoms. The maximum Gasteiger partial charge on any atom is 0.124 e. The van der Waals surface area contributed by atoms with Gasteiger partial charge in [0.2, 0.25) is 0 Å². The van der Waals surface area contributed by atoms with Crippen LogP contribution in [0.5, 0.6) is 5.75 Å². The molecule has 1 aromatic carbocycles. The second-order valence-electron chi connectivity index (χ2n) is 3.98. The lowest BCUT2D eigenvalue weighted by Crippen LogP contribution is -2.21. The summed E-state index contributed by atoms with van der Waals surface area (Å²) in [4.78, 5) is 1.32. The summed E-state index contributed by atoms with van der Waals surface area (Å²) in [5.41, 5.74) is 1.21. The number of hydrogen-bond donors (Lipinski definition) is 1. The van der Waals surface area contributed by atoms with Crippen molar-refractivity contribution in [2.24, 2.45) is 0 Å². The first-order valence-corrected chi connectivity index (χ1v) is 7.23. The van der Waals surface area contributed by atoms with Crippen LogP contribution in [0.25, 0.3) is 0 Å². The largest absolute Gasteiger partial charge is 0.494 e. The molecular weight excluding hydrogens is 242 g/mol. The number of ether oxygens (including phenoxy) is 1. The third kappa shape index (κ3) is 2.92. The minimum Gasteiger partial charge on any atom is -0.494 e. The summed E-state index contributed by atoms with van der Waals surface area (Å²) < 4.78 is 5.73. The SMILES string of the molecule is CCNC(c1cccs1)c1ccccc1OCC. The summed E-state index contributed by atoms with van der Waals surface area (Å²) in [6.07, 6.45) is 0. The van der Waals surface area contributed by atoms with Crippen molar-refractivity contribution >= 4 is 11.3 Å². The average molecular weight is 261 g/mol.